The van der Waals surface area contributed by atoms with Crippen molar-refractivity contribution in [3.8, 4) is 0 Å². The highest BCUT2D eigenvalue weighted by molar-refractivity contribution is 5.70. The number of esters is 1. The molecule has 0 spiro atoms. The fraction of sp³-hybridized carbons (Fsp3) is 0.889. The summed E-state index contributed by atoms with van der Waals surface area (Å²) >= 11 is 0. The predicted octanol–water partition coefficient (Wildman–Crippen LogP) is 4.33. The summed E-state index contributed by atoms with van der Waals surface area (Å²) in [5.74, 6) is -1.06. The lowest BCUT2D eigenvalue weighted by atomic mass is 9.91. The van der Waals surface area contributed by atoms with Crippen LogP contribution in [0.15, 0.2) is 0 Å². The second-order valence-electron chi connectivity index (χ2n) is 6.10. The van der Waals surface area contributed by atoms with Gasteiger partial charge in [-0.05, 0) is 45.4 Å². The first kappa shape index (κ1) is 21.9. The maximum atomic E-state index is 12.2. The standard InChI is InChI=1S/C18H34O5/c1-4-7-13-18(14-8-5-2,15-22-6-3)23-17(21)12-10-9-11-16(19)20/h4-15H2,1-3H3,(H,19,20). The Balaban J connectivity index is 4.59. The SMILES string of the molecule is CCCCC(CCCC)(COCC)OC(=O)CCCCC(=O)O. The number of carbonyl (C=O) groups excluding carboxylic acids is 1. The molecule has 0 aliphatic heterocycles. The van der Waals surface area contributed by atoms with Crippen LogP contribution < -0.4 is 0 Å². The molecule has 0 radical (unpaired) electrons. The molecule has 23 heavy (non-hydrogen) atoms. The Hall–Kier alpha value is -1.10. The second kappa shape index (κ2) is 13.3. The van der Waals surface area contributed by atoms with Crippen molar-refractivity contribution in [1.29, 1.82) is 0 Å². The minimum Gasteiger partial charge on any atom is -0.481 e. The Morgan fingerprint density at radius 1 is 0.913 bits per heavy atom. The summed E-state index contributed by atoms with van der Waals surface area (Å²) < 4.78 is 11.4. The summed E-state index contributed by atoms with van der Waals surface area (Å²) in [5.41, 5.74) is -0.522. The van der Waals surface area contributed by atoms with Gasteiger partial charge in [0, 0.05) is 19.4 Å². The van der Waals surface area contributed by atoms with Crippen LogP contribution in [-0.2, 0) is 19.1 Å². The van der Waals surface area contributed by atoms with Crippen molar-refractivity contribution in [2.75, 3.05) is 13.2 Å². The maximum absolute atomic E-state index is 12.2. The number of hydrogen-bond donors (Lipinski definition) is 1. The topological polar surface area (TPSA) is 72.8 Å². The van der Waals surface area contributed by atoms with Gasteiger partial charge in [-0.15, -0.1) is 0 Å². The Labute approximate surface area is 140 Å². The summed E-state index contributed by atoms with van der Waals surface area (Å²) in [5, 5.41) is 8.62. The number of rotatable bonds is 15. The zero-order valence-electron chi connectivity index (χ0n) is 15.1. The first-order valence-electron chi connectivity index (χ1n) is 9.01. The molecule has 0 bridgehead atoms. The minimum atomic E-state index is -0.824. The van der Waals surface area contributed by atoms with Crippen molar-refractivity contribution in [3.05, 3.63) is 0 Å². The average Bonchev–Trinajstić information content (AvgIpc) is 2.52. The number of aliphatic carboxylic acids is 1. The first-order chi connectivity index (χ1) is 11.0. The number of unbranched alkanes of at least 4 members (excludes halogenated alkanes) is 3. The molecule has 0 aromatic heterocycles. The molecule has 0 unspecified atom stereocenters. The molecule has 5 heteroatoms. The number of carbonyl (C=O) groups is 2. The average molecular weight is 330 g/mol. The lowest BCUT2D eigenvalue weighted by Crippen LogP contribution is -2.40. The third kappa shape index (κ3) is 11.1. The number of carboxylic acids is 1. The number of ether oxygens (including phenoxy) is 2. The van der Waals surface area contributed by atoms with Crippen LogP contribution in [0.4, 0.5) is 0 Å². The van der Waals surface area contributed by atoms with Crippen LogP contribution in [0.1, 0.15) is 85.0 Å². The van der Waals surface area contributed by atoms with Gasteiger partial charge in [-0.25, -0.2) is 0 Å². The Morgan fingerprint density at radius 3 is 1.96 bits per heavy atom. The number of hydrogen-bond acceptors (Lipinski definition) is 4. The molecule has 0 saturated carbocycles. The van der Waals surface area contributed by atoms with Crippen LogP contribution in [0, 0.1) is 0 Å². The van der Waals surface area contributed by atoms with E-state index in [2.05, 4.69) is 13.8 Å². The number of carboxylic acid groups (broad SMARTS) is 1. The van der Waals surface area contributed by atoms with Gasteiger partial charge in [0.1, 0.15) is 5.60 Å². The second-order valence-corrected chi connectivity index (χ2v) is 6.10. The van der Waals surface area contributed by atoms with Crippen molar-refractivity contribution < 1.29 is 24.2 Å². The molecular weight excluding hydrogens is 296 g/mol. The molecule has 0 amide bonds. The summed E-state index contributed by atoms with van der Waals surface area (Å²) in [6.07, 6.45) is 7.19. The van der Waals surface area contributed by atoms with Crippen molar-refractivity contribution in [2.24, 2.45) is 0 Å². The molecule has 0 rings (SSSR count). The highest BCUT2D eigenvalue weighted by Crippen LogP contribution is 2.28. The smallest absolute Gasteiger partial charge is 0.306 e. The Bertz CT molecular complexity index is 306. The van der Waals surface area contributed by atoms with E-state index in [4.69, 9.17) is 14.6 Å². The molecule has 0 aliphatic carbocycles. The zero-order valence-corrected chi connectivity index (χ0v) is 15.1. The normalized spacial score (nSPS) is 11.4. The molecule has 0 aromatic carbocycles. The van der Waals surface area contributed by atoms with Gasteiger partial charge in [0.25, 0.3) is 0 Å². The van der Waals surface area contributed by atoms with E-state index in [1.807, 2.05) is 6.92 Å². The molecule has 0 aromatic rings. The minimum absolute atomic E-state index is 0.100. The van der Waals surface area contributed by atoms with E-state index in [-0.39, 0.29) is 18.8 Å². The van der Waals surface area contributed by atoms with Crippen LogP contribution in [-0.4, -0.2) is 35.9 Å². The van der Waals surface area contributed by atoms with E-state index in [0.29, 0.717) is 26.1 Å². The van der Waals surface area contributed by atoms with Gasteiger partial charge in [-0.2, -0.15) is 0 Å². The van der Waals surface area contributed by atoms with Gasteiger partial charge in [-0.1, -0.05) is 26.7 Å². The third-order valence-corrected chi connectivity index (χ3v) is 3.89. The van der Waals surface area contributed by atoms with Crippen LogP contribution in [0.2, 0.25) is 0 Å². The largest absolute Gasteiger partial charge is 0.481 e. The molecule has 0 aliphatic rings. The van der Waals surface area contributed by atoms with Gasteiger partial charge in [0.05, 0.1) is 6.61 Å². The predicted molar refractivity (Wildman–Crippen MR) is 90.5 cm³/mol. The lowest BCUT2D eigenvalue weighted by Gasteiger charge is -2.33. The first-order valence-corrected chi connectivity index (χ1v) is 9.01. The van der Waals surface area contributed by atoms with Crippen LogP contribution >= 0.6 is 0 Å². The van der Waals surface area contributed by atoms with Gasteiger partial charge in [-0.3, -0.25) is 9.59 Å². The summed E-state index contributed by atoms with van der Waals surface area (Å²) in [4.78, 5) is 22.7. The fourth-order valence-corrected chi connectivity index (χ4v) is 2.52. The quantitative estimate of drug-likeness (QED) is 0.357. The van der Waals surface area contributed by atoms with Gasteiger partial charge < -0.3 is 14.6 Å². The van der Waals surface area contributed by atoms with Gasteiger partial charge in [0.15, 0.2) is 0 Å². The molecule has 0 fully saturated rings. The van der Waals surface area contributed by atoms with E-state index in [9.17, 15) is 9.59 Å². The molecule has 1 N–H and O–H groups in total. The Kier molecular flexibility index (Phi) is 12.7. The molecule has 0 heterocycles. The maximum Gasteiger partial charge on any atom is 0.306 e. The van der Waals surface area contributed by atoms with E-state index in [1.54, 1.807) is 0 Å². The van der Waals surface area contributed by atoms with Crippen LogP contribution in [0.5, 0.6) is 0 Å². The Morgan fingerprint density at radius 2 is 1.48 bits per heavy atom. The lowest BCUT2D eigenvalue weighted by molar-refractivity contribution is -0.169. The monoisotopic (exact) mass is 330 g/mol. The van der Waals surface area contributed by atoms with Crippen molar-refractivity contribution in [3.63, 3.8) is 0 Å². The summed E-state index contributed by atoms with van der Waals surface area (Å²) in [6, 6.07) is 0. The van der Waals surface area contributed by atoms with E-state index >= 15 is 0 Å². The molecule has 0 saturated heterocycles. The fourth-order valence-electron chi connectivity index (χ4n) is 2.52. The van der Waals surface area contributed by atoms with Crippen molar-refractivity contribution in [2.45, 2.75) is 90.6 Å². The molecule has 5 nitrogen and oxygen atoms in total. The summed E-state index contributed by atoms with van der Waals surface area (Å²) in [7, 11) is 0. The van der Waals surface area contributed by atoms with Crippen LogP contribution in [0.25, 0.3) is 0 Å². The van der Waals surface area contributed by atoms with Crippen molar-refractivity contribution >= 4 is 11.9 Å². The van der Waals surface area contributed by atoms with Crippen molar-refractivity contribution in [1.82, 2.24) is 0 Å². The van der Waals surface area contributed by atoms with E-state index in [0.717, 1.165) is 38.5 Å². The van der Waals surface area contributed by atoms with Crippen LogP contribution in [0.3, 0.4) is 0 Å². The highest BCUT2D eigenvalue weighted by atomic mass is 16.6. The van der Waals surface area contributed by atoms with Gasteiger partial charge >= 0.3 is 11.9 Å². The zero-order chi connectivity index (χ0) is 17.6. The molecular formula is C18H34O5. The highest BCUT2D eigenvalue weighted by Gasteiger charge is 2.33. The summed E-state index contributed by atoms with van der Waals surface area (Å²) in [6.45, 7) is 7.25. The van der Waals surface area contributed by atoms with Gasteiger partial charge in [0.2, 0.25) is 0 Å². The molecule has 0 atom stereocenters. The third-order valence-electron chi connectivity index (χ3n) is 3.89. The van der Waals surface area contributed by atoms with E-state index < -0.39 is 11.6 Å². The molecule has 136 valence electrons. The van der Waals surface area contributed by atoms with E-state index in [1.165, 1.54) is 0 Å².